The van der Waals surface area contributed by atoms with E-state index in [0.717, 1.165) is 5.71 Å². The number of carbonyl (C=O) groups excluding carboxylic acids is 2. The van der Waals surface area contributed by atoms with Crippen LogP contribution in [0.4, 0.5) is 10.3 Å². The Labute approximate surface area is 217 Å². The van der Waals surface area contributed by atoms with Gasteiger partial charge in [-0.1, -0.05) is 41.6 Å². The number of nitrogens with one attached hydrogen (secondary N) is 1. The van der Waals surface area contributed by atoms with Crippen molar-refractivity contribution in [2.24, 2.45) is 10.9 Å². The van der Waals surface area contributed by atoms with E-state index >= 15 is 0 Å². The Morgan fingerprint density at radius 2 is 1.76 bits per heavy atom. The molecule has 0 atom stereocenters. The van der Waals surface area contributed by atoms with Gasteiger partial charge in [-0.25, -0.2) is 19.2 Å². The molecule has 1 aromatic heterocycles. The molecule has 0 bridgehead atoms. The van der Waals surface area contributed by atoms with Crippen LogP contribution >= 0.6 is 0 Å². The molecule has 0 aliphatic carbocycles. The van der Waals surface area contributed by atoms with Crippen LogP contribution in [0.25, 0.3) is 11.1 Å². The number of nitrogens with two attached hydrogens (primary N) is 1. The molecule has 11 nitrogen and oxygen atoms in total. The molecular weight excluding hydrogens is 495 g/mol. The second kappa shape index (κ2) is 12.4. The third kappa shape index (κ3) is 6.87. The summed E-state index contributed by atoms with van der Waals surface area (Å²) in [6.45, 7) is 0.876. The van der Waals surface area contributed by atoms with E-state index in [2.05, 4.69) is 15.1 Å². The predicted molar refractivity (Wildman–Crippen MR) is 136 cm³/mol. The summed E-state index contributed by atoms with van der Waals surface area (Å²) in [5, 5.41) is 11.1. The number of oxime groups is 1. The van der Waals surface area contributed by atoms with Gasteiger partial charge in [-0.05, 0) is 12.1 Å². The molecule has 0 spiro atoms. The van der Waals surface area contributed by atoms with E-state index in [1.165, 1.54) is 18.5 Å². The molecule has 38 heavy (non-hydrogen) atoms. The van der Waals surface area contributed by atoms with E-state index in [4.69, 9.17) is 25.5 Å². The number of halogens is 1. The molecule has 12 heteroatoms. The zero-order valence-corrected chi connectivity index (χ0v) is 20.3. The lowest BCUT2D eigenvalue weighted by Gasteiger charge is -2.31. The van der Waals surface area contributed by atoms with Gasteiger partial charge in [0, 0.05) is 29.1 Å². The molecule has 0 saturated carbocycles. The largest absolute Gasteiger partial charge is 0.460 e. The summed E-state index contributed by atoms with van der Waals surface area (Å²) in [6, 6.07) is 13.4. The Bertz CT molecular complexity index is 1330. The molecule has 3 aromatic rings. The number of hydrogen-bond donors (Lipinski definition) is 2. The number of hydrogen-bond acceptors (Lipinski definition) is 10. The van der Waals surface area contributed by atoms with Crippen molar-refractivity contribution in [2.45, 2.75) is 13.0 Å². The Morgan fingerprint density at radius 1 is 1.03 bits per heavy atom. The first kappa shape index (κ1) is 26.2. The van der Waals surface area contributed by atoms with Crippen LogP contribution in [0, 0.1) is 11.2 Å². The van der Waals surface area contributed by atoms with Gasteiger partial charge in [0.2, 0.25) is 5.95 Å². The minimum absolute atomic E-state index is 0.0808. The lowest BCUT2D eigenvalue weighted by molar-refractivity contribution is -0.143. The van der Waals surface area contributed by atoms with Gasteiger partial charge in [0.05, 0.1) is 24.4 Å². The number of anilines is 1. The van der Waals surface area contributed by atoms with E-state index in [0.29, 0.717) is 30.2 Å². The standard InChI is InChI=1S/C26H25FN6O5/c27-24-18(16-37-23(34)11-22(28)29)7-4-8-21(24)19-12-30-26(31-13-19)33-14-20(15-33)32-38-10-9-36-25(35)17-5-2-1-3-6-17/h1-8,12-13H,9-11,14-16H2,(H3,28,29). The van der Waals surface area contributed by atoms with Crippen molar-refractivity contribution in [3.63, 3.8) is 0 Å². The molecule has 1 fully saturated rings. The number of nitrogens with zero attached hydrogens (tertiary/aromatic N) is 4. The second-order valence-corrected chi connectivity index (χ2v) is 8.26. The molecule has 1 aliphatic rings. The molecule has 3 N–H and O–H groups in total. The van der Waals surface area contributed by atoms with E-state index in [-0.39, 0.29) is 43.2 Å². The third-order valence-corrected chi connectivity index (χ3v) is 5.39. The van der Waals surface area contributed by atoms with Crippen LogP contribution in [0.15, 0.2) is 66.1 Å². The highest BCUT2D eigenvalue weighted by Crippen LogP contribution is 2.26. The highest BCUT2D eigenvalue weighted by Gasteiger charge is 2.25. The lowest BCUT2D eigenvalue weighted by atomic mass is 10.1. The average molecular weight is 521 g/mol. The fourth-order valence-electron chi connectivity index (χ4n) is 3.46. The molecule has 2 aromatic carbocycles. The van der Waals surface area contributed by atoms with Crippen molar-refractivity contribution in [1.82, 2.24) is 9.97 Å². The zero-order valence-electron chi connectivity index (χ0n) is 20.3. The van der Waals surface area contributed by atoms with Gasteiger partial charge >= 0.3 is 11.9 Å². The number of carbonyl (C=O) groups is 2. The van der Waals surface area contributed by atoms with Crippen LogP contribution in [0.3, 0.4) is 0 Å². The van der Waals surface area contributed by atoms with Gasteiger partial charge in [-0.3, -0.25) is 10.2 Å². The first-order chi connectivity index (χ1) is 18.4. The van der Waals surface area contributed by atoms with Crippen LogP contribution in [0.5, 0.6) is 0 Å². The third-order valence-electron chi connectivity index (χ3n) is 5.39. The molecule has 2 heterocycles. The first-order valence-electron chi connectivity index (χ1n) is 11.6. The van der Waals surface area contributed by atoms with Gasteiger partial charge in [0.1, 0.15) is 31.3 Å². The number of rotatable bonds is 11. The van der Waals surface area contributed by atoms with Crippen molar-refractivity contribution >= 4 is 29.4 Å². The fourth-order valence-corrected chi connectivity index (χ4v) is 3.46. The summed E-state index contributed by atoms with van der Waals surface area (Å²) in [4.78, 5) is 39.2. The van der Waals surface area contributed by atoms with E-state index in [1.807, 2.05) is 11.0 Å². The molecular formula is C26H25FN6O5. The summed E-state index contributed by atoms with van der Waals surface area (Å²) in [5.74, 6) is -1.54. The summed E-state index contributed by atoms with van der Waals surface area (Å²) in [6.07, 6.45) is 2.67. The average Bonchev–Trinajstić information content (AvgIpc) is 2.89. The smallest absolute Gasteiger partial charge is 0.338 e. The molecule has 4 rings (SSSR count). The Morgan fingerprint density at radius 3 is 2.47 bits per heavy atom. The minimum Gasteiger partial charge on any atom is -0.460 e. The van der Waals surface area contributed by atoms with Crippen LogP contribution in [0.1, 0.15) is 22.3 Å². The summed E-state index contributed by atoms with van der Waals surface area (Å²) in [5.41, 5.74) is 7.34. The monoisotopic (exact) mass is 520 g/mol. The molecule has 0 unspecified atom stereocenters. The zero-order chi connectivity index (χ0) is 26.9. The molecule has 0 amide bonds. The summed E-state index contributed by atoms with van der Waals surface area (Å²) < 4.78 is 25.1. The normalized spacial score (nSPS) is 12.3. The van der Waals surface area contributed by atoms with E-state index < -0.39 is 17.8 Å². The topological polar surface area (TPSA) is 153 Å². The minimum atomic E-state index is -0.704. The maximum Gasteiger partial charge on any atom is 0.338 e. The maximum atomic E-state index is 15.0. The molecule has 196 valence electrons. The number of ether oxygens (including phenoxy) is 2. The lowest BCUT2D eigenvalue weighted by Crippen LogP contribution is -2.48. The number of esters is 2. The quantitative estimate of drug-likeness (QED) is 0.128. The van der Waals surface area contributed by atoms with Crippen LogP contribution in [-0.4, -0.2) is 59.8 Å². The van der Waals surface area contributed by atoms with E-state index in [9.17, 15) is 14.0 Å². The highest BCUT2D eigenvalue weighted by atomic mass is 19.1. The SMILES string of the molecule is N=C(N)CC(=O)OCc1cccc(-c2cnc(N3CC(=NOCCOC(=O)c4ccccc4)C3)nc2)c1F. The number of aromatic nitrogens is 2. The Kier molecular flexibility index (Phi) is 8.54. The van der Waals surface area contributed by atoms with Crippen molar-refractivity contribution in [3.8, 4) is 11.1 Å². The van der Waals surface area contributed by atoms with Crippen molar-refractivity contribution < 1.29 is 28.3 Å². The Hall–Kier alpha value is -4.87. The van der Waals surface area contributed by atoms with Gasteiger partial charge in [-0.15, -0.1) is 0 Å². The summed E-state index contributed by atoms with van der Waals surface area (Å²) in [7, 11) is 0. The van der Waals surface area contributed by atoms with Crippen molar-refractivity contribution in [1.29, 1.82) is 5.41 Å². The number of benzene rings is 2. The second-order valence-electron chi connectivity index (χ2n) is 8.26. The highest BCUT2D eigenvalue weighted by molar-refractivity contribution is 5.98. The summed E-state index contributed by atoms with van der Waals surface area (Å²) >= 11 is 0. The fraction of sp³-hybridized carbons (Fsp3) is 0.231. The van der Waals surface area contributed by atoms with Crippen molar-refractivity contribution in [2.75, 3.05) is 31.2 Å². The Balaban J connectivity index is 1.23. The van der Waals surface area contributed by atoms with Crippen LogP contribution in [0.2, 0.25) is 0 Å². The maximum absolute atomic E-state index is 15.0. The van der Waals surface area contributed by atoms with Gasteiger partial charge in [0.25, 0.3) is 0 Å². The van der Waals surface area contributed by atoms with Crippen LogP contribution in [-0.2, 0) is 25.7 Å². The van der Waals surface area contributed by atoms with Gasteiger partial charge < -0.3 is 24.9 Å². The van der Waals surface area contributed by atoms with Crippen molar-refractivity contribution in [3.05, 3.63) is 77.9 Å². The molecule has 1 aliphatic heterocycles. The van der Waals surface area contributed by atoms with Crippen LogP contribution < -0.4 is 10.6 Å². The molecule has 1 saturated heterocycles. The molecule has 0 radical (unpaired) electrons. The van der Waals surface area contributed by atoms with Gasteiger partial charge in [0.15, 0.2) is 6.61 Å². The van der Waals surface area contributed by atoms with Gasteiger partial charge in [-0.2, -0.15) is 0 Å². The predicted octanol–water partition coefficient (Wildman–Crippen LogP) is 2.70. The first-order valence-corrected chi connectivity index (χ1v) is 11.6. The van der Waals surface area contributed by atoms with E-state index in [1.54, 1.807) is 36.4 Å². The number of amidine groups is 1.